The summed E-state index contributed by atoms with van der Waals surface area (Å²) in [5.74, 6) is 0.0136. The Morgan fingerprint density at radius 2 is 2.14 bits per heavy atom. The Balaban J connectivity index is 2.27. The summed E-state index contributed by atoms with van der Waals surface area (Å²) in [7, 11) is 3.99. The predicted octanol–water partition coefficient (Wildman–Crippen LogP) is 4.13. The molecule has 2 rings (SSSR count). The van der Waals surface area contributed by atoms with Crippen molar-refractivity contribution in [2.24, 2.45) is 0 Å². The summed E-state index contributed by atoms with van der Waals surface area (Å²) in [6.07, 6.45) is 2.81. The number of hydrogen-bond donors (Lipinski definition) is 0. The fraction of sp³-hybridized carbons (Fsp3) is 0.333. The first-order chi connectivity index (χ1) is 9.93. The lowest BCUT2D eigenvalue weighted by Gasteiger charge is -2.14. The first kappa shape index (κ1) is 16.5. The van der Waals surface area contributed by atoms with Crippen LogP contribution in [0.1, 0.15) is 18.9 Å². The van der Waals surface area contributed by atoms with E-state index in [1.165, 1.54) is 11.8 Å². The molecule has 1 aromatic carbocycles. The highest BCUT2D eigenvalue weighted by Crippen LogP contribution is 2.34. The van der Waals surface area contributed by atoms with Crippen LogP contribution >= 0.6 is 39.9 Å². The van der Waals surface area contributed by atoms with Crippen molar-refractivity contribution in [3.63, 3.8) is 0 Å². The minimum Gasteiger partial charge on any atom is -0.377 e. The molecule has 1 aromatic rings. The van der Waals surface area contributed by atoms with E-state index in [2.05, 4.69) is 15.9 Å². The minimum absolute atomic E-state index is 0.0136. The molecule has 112 valence electrons. The minimum atomic E-state index is 0.0136. The van der Waals surface area contributed by atoms with Crippen molar-refractivity contribution in [2.45, 2.75) is 13.3 Å². The standard InChI is InChI=1S/C15H17BrN2OS2/c1-4-7-18-14(19)13(21-15(18)20)9-10-5-6-12(17(2)3)11(16)8-10/h5-6,8-9H,4,7H2,1-3H3/b13-9+. The smallest absolute Gasteiger partial charge is 0.266 e. The van der Waals surface area contributed by atoms with Crippen LogP contribution in [0.5, 0.6) is 0 Å². The van der Waals surface area contributed by atoms with Crippen molar-refractivity contribution in [2.75, 3.05) is 25.5 Å². The van der Waals surface area contributed by atoms with Gasteiger partial charge in [0.05, 0.1) is 10.6 Å². The third kappa shape index (κ3) is 3.67. The van der Waals surface area contributed by atoms with Crippen molar-refractivity contribution >= 4 is 61.9 Å². The lowest BCUT2D eigenvalue weighted by molar-refractivity contribution is -0.122. The maximum Gasteiger partial charge on any atom is 0.266 e. The molecular weight excluding hydrogens is 368 g/mol. The number of carbonyl (C=O) groups is 1. The second-order valence-electron chi connectivity index (χ2n) is 4.94. The molecule has 1 fully saturated rings. The highest BCUT2D eigenvalue weighted by Gasteiger charge is 2.31. The summed E-state index contributed by atoms with van der Waals surface area (Å²) in [5, 5.41) is 0. The van der Waals surface area contributed by atoms with Crippen molar-refractivity contribution in [1.82, 2.24) is 4.90 Å². The van der Waals surface area contributed by atoms with Crippen LogP contribution in [0.3, 0.4) is 0 Å². The first-order valence-electron chi connectivity index (χ1n) is 6.66. The first-order valence-corrected chi connectivity index (χ1v) is 8.68. The van der Waals surface area contributed by atoms with E-state index < -0.39 is 0 Å². The zero-order chi connectivity index (χ0) is 15.6. The van der Waals surface area contributed by atoms with Crippen LogP contribution in [0.15, 0.2) is 27.6 Å². The Bertz CT molecular complexity index is 614. The Kier molecular flexibility index (Phi) is 5.46. The molecule has 1 aliphatic rings. The van der Waals surface area contributed by atoms with Gasteiger partial charge in [-0.3, -0.25) is 9.69 Å². The van der Waals surface area contributed by atoms with E-state index in [1.54, 1.807) is 4.90 Å². The topological polar surface area (TPSA) is 23.6 Å². The molecule has 0 unspecified atom stereocenters. The van der Waals surface area contributed by atoms with Gasteiger partial charge in [0, 0.05) is 25.1 Å². The van der Waals surface area contributed by atoms with E-state index >= 15 is 0 Å². The van der Waals surface area contributed by atoms with Gasteiger partial charge < -0.3 is 4.90 Å². The fourth-order valence-electron chi connectivity index (χ4n) is 2.04. The molecule has 0 aromatic heterocycles. The Labute approximate surface area is 143 Å². The number of hydrogen-bond acceptors (Lipinski definition) is 4. The van der Waals surface area contributed by atoms with Crippen LogP contribution in [0, 0.1) is 0 Å². The number of nitrogens with zero attached hydrogens (tertiary/aromatic N) is 2. The molecule has 1 saturated heterocycles. The van der Waals surface area contributed by atoms with Gasteiger partial charge in [0.2, 0.25) is 0 Å². The quantitative estimate of drug-likeness (QED) is 0.575. The van der Waals surface area contributed by atoms with Crippen molar-refractivity contribution < 1.29 is 4.79 Å². The van der Waals surface area contributed by atoms with E-state index in [9.17, 15) is 4.79 Å². The SMILES string of the molecule is CCCN1C(=O)/C(=C\c2ccc(N(C)C)c(Br)c2)SC1=S. The van der Waals surface area contributed by atoms with Gasteiger partial charge in [-0.1, -0.05) is 37.0 Å². The van der Waals surface area contributed by atoms with Crippen molar-refractivity contribution in [1.29, 1.82) is 0 Å². The molecule has 6 heteroatoms. The van der Waals surface area contributed by atoms with E-state index in [-0.39, 0.29) is 5.91 Å². The van der Waals surface area contributed by atoms with Gasteiger partial charge in [-0.25, -0.2) is 0 Å². The second-order valence-corrected chi connectivity index (χ2v) is 7.47. The fourth-order valence-corrected chi connectivity index (χ4v) is 4.10. The average Bonchev–Trinajstić information content (AvgIpc) is 2.66. The lowest BCUT2D eigenvalue weighted by Crippen LogP contribution is -2.28. The number of anilines is 1. The lowest BCUT2D eigenvalue weighted by atomic mass is 10.2. The normalized spacial score (nSPS) is 17.0. The molecule has 0 N–H and O–H groups in total. The highest BCUT2D eigenvalue weighted by molar-refractivity contribution is 9.10. The number of benzene rings is 1. The largest absolute Gasteiger partial charge is 0.377 e. The average molecular weight is 385 g/mol. The van der Waals surface area contributed by atoms with Gasteiger partial charge in [0.15, 0.2) is 0 Å². The molecule has 0 radical (unpaired) electrons. The molecule has 0 spiro atoms. The van der Waals surface area contributed by atoms with E-state index in [0.717, 1.165) is 22.1 Å². The zero-order valence-corrected chi connectivity index (χ0v) is 15.4. The van der Waals surface area contributed by atoms with Gasteiger partial charge in [-0.15, -0.1) is 0 Å². The summed E-state index contributed by atoms with van der Waals surface area (Å²) in [6, 6.07) is 6.05. The van der Waals surface area contributed by atoms with E-state index in [0.29, 0.717) is 15.8 Å². The van der Waals surface area contributed by atoms with Gasteiger partial charge in [-0.2, -0.15) is 0 Å². The Morgan fingerprint density at radius 3 is 2.71 bits per heavy atom. The van der Waals surface area contributed by atoms with Gasteiger partial charge in [0.1, 0.15) is 4.32 Å². The Morgan fingerprint density at radius 1 is 1.43 bits per heavy atom. The molecule has 0 saturated carbocycles. The molecule has 1 amide bonds. The summed E-state index contributed by atoms with van der Waals surface area (Å²) >= 11 is 10.2. The number of rotatable bonds is 4. The van der Waals surface area contributed by atoms with Crippen LogP contribution < -0.4 is 4.90 Å². The van der Waals surface area contributed by atoms with Crippen LogP contribution in [-0.2, 0) is 4.79 Å². The molecule has 1 heterocycles. The summed E-state index contributed by atoms with van der Waals surface area (Å²) < 4.78 is 1.65. The molecular formula is C15H17BrN2OS2. The van der Waals surface area contributed by atoms with Crippen molar-refractivity contribution in [3.05, 3.63) is 33.1 Å². The number of carbonyl (C=O) groups excluding carboxylic acids is 1. The second kappa shape index (κ2) is 6.94. The molecule has 3 nitrogen and oxygen atoms in total. The van der Waals surface area contributed by atoms with Gasteiger partial charge >= 0.3 is 0 Å². The summed E-state index contributed by atoms with van der Waals surface area (Å²) in [6.45, 7) is 2.73. The molecule has 0 atom stereocenters. The van der Waals surface area contributed by atoms with Crippen LogP contribution in [0.4, 0.5) is 5.69 Å². The maximum atomic E-state index is 12.3. The highest BCUT2D eigenvalue weighted by atomic mass is 79.9. The molecule has 21 heavy (non-hydrogen) atoms. The molecule has 0 bridgehead atoms. The maximum absolute atomic E-state index is 12.3. The van der Waals surface area contributed by atoms with E-state index in [4.69, 9.17) is 12.2 Å². The summed E-state index contributed by atoms with van der Waals surface area (Å²) in [4.78, 5) is 16.7. The predicted molar refractivity (Wildman–Crippen MR) is 98.6 cm³/mol. The number of thiocarbonyl (C=S) groups is 1. The van der Waals surface area contributed by atoms with Crippen LogP contribution in [-0.4, -0.2) is 35.8 Å². The van der Waals surface area contributed by atoms with Gasteiger partial charge in [0.25, 0.3) is 5.91 Å². The summed E-state index contributed by atoms with van der Waals surface area (Å²) in [5.41, 5.74) is 2.09. The van der Waals surface area contributed by atoms with E-state index in [1.807, 2.05) is 50.2 Å². The third-order valence-corrected chi connectivity index (χ3v) is 5.09. The number of thioether (sulfide) groups is 1. The monoisotopic (exact) mass is 384 g/mol. The third-order valence-electron chi connectivity index (χ3n) is 3.07. The Hall–Kier alpha value is -0.850. The van der Waals surface area contributed by atoms with Crippen molar-refractivity contribution in [3.8, 4) is 0 Å². The number of halogens is 1. The molecule has 1 aliphatic heterocycles. The zero-order valence-electron chi connectivity index (χ0n) is 12.2. The van der Waals surface area contributed by atoms with Crippen LogP contribution in [0.2, 0.25) is 0 Å². The van der Waals surface area contributed by atoms with Crippen LogP contribution in [0.25, 0.3) is 6.08 Å². The van der Waals surface area contributed by atoms with Gasteiger partial charge in [-0.05, 0) is 46.1 Å². The molecule has 0 aliphatic carbocycles. The number of amides is 1.